The second kappa shape index (κ2) is 11.2. The Morgan fingerprint density at radius 3 is 2.51 bits per heavy atom. The summed E-state index contributed by atoms with van der Waals surface area (Å²) in [5, 5.41) is 23.2. The molecule has 1 amide bonds. The second-order valence-corrected chi connectivity index (χ2v) is 8.16. The zero-order valence-corrected chi connectivity index (χ0v) is 20.1. The Morgan fingerprint density at radius 1 is 1.17 bits per heavy atom. The lowest BCUT2D eigenvalue weighted by Crippen LogP contribution is -2.13. The zero-order chi connectivity index (χ0) is 25.5. The molecular weight excluding hydrogens is 470 g/mol. The molecule has 1 N–H and O–H groups in total. The number of rotatable bonds is 8. The van der Waals surface area contributed by atoms with Gasteiger partial charge in [0.05, 0.1) is 17.1 Å². The van der Waals surface area contributed by atoms with E-state index in [1.54, 1.807) is 12.1 Å². The predicted octanol–water partition coefficient (Wildman–Crippen LogP) is 6.00. The lowest BCUT2D eigenvalue weighted by Gasteiger charge is -2.14. The van der Waals surface area contributed by atoms with Crippen molar-refractivity contribution in [3.05, 3.63) is 97.6 Å². The number of anilines is 1. The van der Waals surface area contributed by atoms with E-state index in [0.29, 0.717) is 17.1 Å². The number of nitro benzene ring substituents is 1. The monoisotopic (exact) mass is 491 g/mol. The van der Waals surface area contributed by atoms with Crippen molar-refractivity contribution in [3.63, 3.8) is 0 Å². The van der Waals surface area contributed by atoms with Crippen molar-refractivity contribution in [2.75, 3.05) is 12.4 Å². The number of nitrogens with zero attached hydrogens (tertiary/aromatic N) is 2. The third kappa shape index (κ3) is 6.59. The number of hydrogen-bond donors (Lipinski definition) is 1. The maximum Gasteiger partial charge on any atom is 0.271 e. The van der Waals surface area contributed by atoms with Gasteiger partial charge in [0.25, 0.3) is 11.6 Å². The Balaban J connectivity index is 1.82. The number of benzene rings is 3. The summed E-state index contributed by atoms with van der Waals surface area (Å²) in [4.78, 5) is 23.0. The fourth-order valence-electron chi connectivity index (χ4n) is 3.48. The van der Waals surface area contributed by atoms with Crippen LogP contribution in [0.5, 0.6) is 11.5 Å². The van der Waals surface area contributed by atoms with Crippen LogP contribution < -0.4 is 14.8 Å². The number of carbonyl (C=O) groups excluding carboxylic acids is 1. The number of amides is 1. The maximum atomic E-state index is 12.6. The van der Waals surface area contributed by atoms with Gasteiger partial charge in [0.2, 0.25) is 0 Å². The molecule has 0 fully saturated rings. The fraction of sp³-hybridized carbons (Fsp3) is 0.154. The van der Waals surface area contributed by atoms with Crippen LogP contribution in [0.3, 0.4) is 0 Å². The Kier molecular flexibility index (Phi) is 8.08. The van der Waals surface area contributed by atoms with E-state index >= 15 is 0 Å². The summed E-state index contributed by atoms with van der Waals surface area (Å²) < 4.78 is 11.3. The minimum absolute atomic E-state index is 0.182. The Labute approximate surface area is 207 Å². The van der Waals surface area contributed by atoms with Crippen LogP contribution in [-0.4, -0.2) is 17.9 Å². The lowest BCUT2D eigenvalue weighted by molar-refractivity contribution is -0.384. The van der Waals surface area contributed by atoms with Crippen LogP contribution in [0.25, 0.3) is 6.08 Å². The molecule has 0 aliphatic rings. The first-order valence-electron chi connectivity index (χ1n) is 10.4. The SMILES string of the molecule is COc1cc(/C=C(\C#N)C(=O)Nc2cccc([N+](=O)[O-])c2)cc(Cl)c1OCc1cc(C)cc(C)c1. The molecule has 8 nitrogen and oxygen atoms in total. The summed E-state index contributed by atoms with van der Waals surface area (Å²) in [6, 6.07) is 16.5. The minimum Gasteiger partial charge on any atom is -0.493 e. The van der Waals surface area contributed by atoms with Gasteiger partial charge >= 0.3 is 0 Å². The van der Waals surface area contributed by atoms with Crippen LogP contribution in [-0.2, 0) is 11.4 Å². The van der Waals surface area contributed by atoms with Crippen molar-refractivity contribution in [2.24, 2.45) is 0 Å². The summed E-state index contributed by atoms with van der Waals surface area (Å²) >= 11 is 6.44. The van der Waals surface area contributed by atoms with Gasteiger partial charge in [-0.15, -0.1) is 0 Å². The number of aryl methyl sites for hydroxylation is 2. The molecule has 178 valence electrons. The quantitative estimate of drug-likeness (QED) is 0.179. The van der Waals surface area contributed by atoms with E-state index in [4.69, 9.17) is 21.1 Å². The van der Waals surface area contributed by atoms with Crippen molar-refractivity contribution in [3.8, 4) is 17.6 Å². The van der Waals surface area contributed by atoms with Crippen molar-refractivity contribution in [1.29, 1.82) is 5.26 Å². The van der Waals surface area contributed by atoms with Crippen LogP contribution >= 0.6 is 11.6 Å². The van der Waals surface area contributed by atoms with Crippen molar-refractivity contribution in [1.82, 2.24) is 0 Å². The molecular formula is C26H22ClN3O5. The highest BCUT2D eigenvalue weighted by molar-refractivity contribution is 6.32. The summed E-state index contributed by atoms with van der Waals surface area (Å²) in [5.74, 6) is -0.0484. The molecule has 0 saturated carbocycles. The van der Waals surface area contributed by atoms with Crippen LogP contribution in [0.1, 0.15) is 22.3 Å². The van der Waals surface area contributed by atoms with Gasteiger partial charge in [-0.05, 0) is 49.2 Å². The van der Waals surface area contributed by atoms with Gasteiger partial charge in [-0.25, -0.2) is 0 Å². The Bertz CT molecular complexity index is 1340. The molecule has 0 aromatic heterocycles. The first kappa shape index (κ1) is 25.3. The fourth-order valence-corrected chi connectivity index (χ4v) is 3.76. The molecule has 0 aliphatic heterocycles. The number of nitrogens with one attached hydrogen (secondary N) is 1. The van der Waals surface area contributed by atoms with Gasteiger partial charge in [-0.1, -0.05) is 47.0 Å². The number of non-ortho nitro benzene ring substituents is 1. The van der Waals surface area contributed by atoms with E-state index in [1.165, 1.54) is 37.5 Å². The number of nitriles is 1. The number of halogens is 1. The summed E-state index contributed by atoms with van der Waals surface area (Å²) in [7, 11) is 1.46. The Morgan fingerprint density at radius 2 is 1.89 bits per heavy atom. The van der Waals surface area contributed by atoms with E-state index in [2.05, 4.69) is 11.4 Å². The number of carbonyl (C=O) groups is 1. The maximum absolute atomic E-state index is 12.6. The van der Waals surface area contributed by atoms with Crippen molar-refractivity contribution in [2.45, 2.75) is 20.5 Å². The van der Waals surface area contributed by atoms with Gasteiger partial charge in [-0.3, -0.25) is 14.9 Å². The van der Waals surface area contributed by atoms with Crippen LogP contribution in [0, 0.1) is 35.3 Å². The molecule has 3 rings (SSSR count). The number of hydrogen-bond acceptors (Lipinski definition) is 6. The topological polar surface area (TPSA) is 114 Å². The molecule has 35 heavy (non-hydrogen) atoms. The van der Waals surface area contributed by atoms with E-state index in [0.717, 1.165) is 16.7 Å². The Hall–Kier alpha value is -4.35. The third-order valence-corrected chi connectivity index (χ3v) is 5.19. The number of ether oxygens (including phenoxy) is 2. The first-order valence-corrected chi connectivity index (χ1v) is 10.8. The second-order valence-electron chi connectivity index (χ2n) is 7.75. The van der Waals surface area contributed by atoms with Crippen LogP contribution in [0.15, 0.2) is 60.2 Å². The molecule has 0 saturated heterocycles. The predicted molar refractivity (Wildman–Crippen MR) is 134 cm³/mol. The average molecular weight is 492 g/mol. The third-order valence-electron chi connectivity index (χ3n) is 4.91. The van der Waals surface area contributed by atoms with E-state index in [-0.39, 0.29) is 28.6 Å². The van der Waals surface area contributed by atoms with Gasteiger partial charge in [0.15, 0.2) is 11.5 Å². The largest absolute Gasteiger partial charge is 0.493 e. The summed E-state index contributed by atoms with van der Waals surface area (Å²) in [5.41, 5.74) is 3.45. The summed E-state index contributed by atoms with van der Waals surface area (Å²) in [6.45, 7) is 4.29. The smallest absolute Gasteiger partial charge is 0.271 e. The van der Waals surface area contributed by atoms with Crippen LogP contribution in [0.4, 0.5) is 11.4 Å². The highest BCUT2D eigenvalue weighted by Gasteiger charge is 2.15. The van der Waals surface area contributed by atoms with Gasteiger partial charge in [0, 0.05) is 17.8 Å². The normalized spacial score (nSPS) is 10.9. The zero-order valence-electron chi connectivity index (χ0n) is 19.3. The molecule has 9 heteroatoms. The first-order chi connectivity index (χ1) is 16.7. The molecule has 0 bridgehead atoms. The number of nitro groups is 1. The number of methoxy groups -OCH3 is 1. The lowest BCUT2D eigenvalue weighted by atomic mass is 10.1. The highest BCUT2D eigenvalue weighted by atomic mass is 35.5. The molecule has 0 spiro atoms. The van der Waals surface area contributed by atoms with Gasteiger partial charge < -0.3 is 14.8 Å². The van der Waals surface area contributed by atoms with Gasteiger partial charge in [-0.2, -0.15) is 5.26 Å². The van der Waals surface area contributed by atoms with Gasteiger partial charge in [0.1, 0.15) is 18.2 Å². The highest BCUT2D eigenvalue weighted by Crippen LogP contribution is 2.37. The molecule has 3 aromatic rings. The van der Waals surface area contributed by atoms with E-state index in [1.807, 2.05) is 32.0 Å². The average Bonchev–Trinajstić information content (AvgIpc) is 2.81. The molecule has 0 radical (unpaired) electrons. The van der Waals surface area contributed by atoms with Crippen molar-refractivity contribution >= 4 is 35.0 Å². The van der Waals surface area contributed by atoms with Crippen LogP contribution in [0.2, 0.25) is 5.02 Å². The van der Waals surface area contributed by atoms with Crippen molar-refractivity contribution < 1.29 is 19.2 Å². The molecule has 0 heterocycles. The molecule has 3 aromatic carbocycles. The molecule has 0 atom stereocenters. The molecule has 0 aliphatic carbocycles. The van der Waals surface area contributed by atoms with E-state index in [9.17, 15) is 20.2 Å². The molecule has 0 unspecified atom stereocenters. The summed E-state index contributed by atoms with van der Waals surface area (Å²) in [6.07, 6.45) is 1.34. The standard InChI is InChI=1S/C26H22ClN3O5/c1-16-7-17(2)9-19(8-16)15-35-25-23(27)11-18(12-24(25)34-3)10-20(14-28)26(31)29-21-5-4-6-22(13-21)30(32)33/h4-13H,15H2,1-3H3,(H,29,31)/b20-10+. The minimum atomic E-state index is -0.724. The van der Waals surface area contributed by atoms with E-state index < -0.39 is 10.8 Å².